The summed E-state index contributed by atoms with van der Waals surface area (Å²) in [5.41, 5.74) is 1.16. The normalized spacial score (nSPS) is 14.2. The second kappa shape index (κ2) is 6.17. The van der Waals surface area contributed by atoms with E-state index in [1.54, 1.807) is 19.0 Å². The van der Waals surface area contributed by atoms with Crippen molar-refractivity contribution in [1.82, 2.24) is 10.2 Å². The summed E-state index contributed by atoms with van der Waals surface area (Å²) in [4.78, 5) is 13.3. The highest BCUT2D eigenvalue weighted by Gasteiger charge is 2.18. The molecule has 1 N–H and O–H groups in total. The van der Waals surface area contributed by atoms with Crippen molar-refractivity contribution in [3.05, 3.63) is 34.3 Å². The predicted octanol–water partition coefficient (Wildman–Crippen LogP) is 2.58. The number of hydrogen-bond acceptors (Lipinski definition) is 2. The van der Waals surface area contributed by atoms with Gasteiger partial charge in [-0.05, 0) is 25.5 Å². The maximum Gasteiger partial charge on any atom is 0.238 e. The maximum atomic E-state index is 11.7. The predicted molar refractivity (Wildman–Crippen MR) is 73.8 cm³/mol. The van der Waals surface area contributed by atoms with Gasteiger partial charge in [0.05, 0.1) is 6.04 Å². The molecule has 1 aromatic carbocycles. The number of halogens is 1. The van der Waals surface area contributed by atoms with Gasteiger partial charge in [0.1, 0.15) is 0 Å². The minimum Gasteiger partial charge on any atom is -0.347 e. The summed E-state index contributed by atoms with van der Waals surface area (Å²) in [6, 6.07) is 7.97. The van der Waals surface area contributed by atoms with Crippen molar-refractivity contribution in [3.63, 3.8) is 0 Å². The molecule has 1 amide bonds. The van der Waals surface area contributed by atoms with E-state index in [2.05, 4.69) is 34.2 Å². The number of amides is 1. The van der Waals surface area contributed by atoms with E-state index in [-0.39, 0.29) is 18.0 Å². The molecule has 94 valence electrons. The van der Waals surface area contributed by atoms with Crippen LogP contribution in [0.25, 0.3) is 0 Å². The first-order valence-corrected chi connectivity index (χ1v) is 6.44. The first kappa shape index (κ1) is 14.2. The van der Waals surface area contributed by atoms with Crippen molar-refractivity contribution >= 4 is 21.8 Å². The molecular formula is C13H19BrN2O. The maximum absolute atomic E-state index is 11.7. The molecule has 0 aliphatic heterocycles. The highest BCUT2D eigenvalue weighted by Crippen LogP contribution is 2.23. The van der Waals surface area contributed by atoms with Gasteiger partial charge in [0.2, 0.25) is 5.91 Å². The topological polar surface area (TPSA) is 32.3 Å². The summed E-state index contributed by atoms with van der Waals surface area (Å²) in [6.45, 7) is 3.94. The van der Waals surface area contributed by atoms with Crippen LogP contribution in [-0.2, 0) is 4.79 Å². The van der Waals surface area contributed by atoms with Crippen LogP contribution in [0.15, 0.2) is 28.7 Å². The van der Waals surface area contributed by atoms with Crippen molar-refractivity contribution in [2.24, 2.45) is 0 Å². The molecule has 2 atom stereocenters. The molecule has 0 fully saturated rings. The molecule has 17 heavy (non-hydrogen) atoms. The molecule has 0 bridgehead atoms. The third-order valence-electron chi connectivity index (χ3n) is 2.68. The zero-order chi connectivity index (χ0) is 13.0. The van der Waals surface area contributed by atoms with E-state index >= 15 is 0 Å². The van der Waals surface area contributed by atoms with E-state index < -0.39 is 0 Å². The summed E-state index contributed by atoms with van der Waals surface area (Å²) >= 11 is 3.52. The van der Waals surface area contributed by atoms with E-state index in [1.165, 1.54) is 0 Å². The Morgan fingerprint density at radius 3 is 2.41 bits per heavy atom. The van der Waals surface area contributed by atoms with Crippen LogP contribution in [0.1, 0.15) is 25.5 Å². The first-order chi connectivity index (χ1) is 7.93. The number of likely N-dealkylation sites (N-methyl/N-ethyl adjacent to an activating group) is 1. The zero-order valence-electron chi connectivity index (χ0n) is 10.7. The van der Waals surface area contributed by atoms with Gasteiger partial charge in [-0.25, -0.2) is 0 Å². The fourth-order valence-electron chi connectivity index (χ4n) is 1.75. The van der Waals surface area contributed by atoms with Crippen LogP contribution in [0, 0.1) is 0 Å². The fraction of sp³-hybridized carbons (Fsp3) is 0.462. The molecule has 1 rings (SSSR count). The Hall–Kier alpha value is -0.870. The largest absolute Gasteiger partial charge is 0.347 e. The lowest BCUT2D eigenvalue weighted by atomic mass is 10.1. The van der Waals surface area contributed by atoms with Crippen molar-refractivity contribution in [1.29, 1.82) is 0 Å². The van der Waals surface area contributed by atoms with Gasteiger partial charge in [-0.3, -0.25) is 10.1 Å². The number of carbonyl (C=O) groups is 1. The minimum absolute atomic E-state index is 0.0869. The van der Waals surface area contributed by atoms with Gasteiger partial charge in [-0.2, -0.15) is 0 Å². The van der Waals surface area contributed by atoms with E-state index in [1.807, 2.05) is 25.1 Å². The molecule has 1 aromatic rings. The molecule has 0 saturated carbocycles. The molecule has 2 unspecified atom stereocenters. The quantitative estimate of drug-likeness (QED) is 0.927. The van der Waals surface area contributed by atoms with Crippen molar-refractivity contribution in [2.75, 3.05) is 14.1 Å². The summed E-state index contributed by atoms with van der Waals surface area (Å²) in [6.07, 6.45) is 0. The first-order valence-electron chi connectivity index (χ1n) is 5.65. The number of hydrogen-bond donors (Lipinski definition) is 1. The highest BCUT2D eigenvalue weighted by atomic mass is 79.9. The van der Waals surface area contributed by atoms with Crippen LogP contribution >= 0.6 is 15.9 Å². The Morgan fingerprint density at radius 1 is 1.29 bits per heavy atom. The molecule has 3 nitrogen and oxygen atoms in total. The Morgan fingerprint density at radius 2 is 1.88 bits per heavy atom. The van der Waals surface area contributed by atoms with Crippen LogP contribution in [0.2, 0.25) is 0 Å². The summed E-state index contributed by atoms with van der Waals surface area (Å²) in [7, 11) is 3.53. The van der Waals surface area contributed by atoms with Gasteiger partial charge in [0.15, 0.2) is 0 Å². The third kappa shape index (κ3) is 3.82. The Kier molecular flexibility index (Phi) is 5.15. The molecule has 0 aliphatic rings. The standard InChI is InChI=1S/C13H19BrN2O/c1-9(11-7-5-6-8-12(11)14)15-10(2)13(17)16(3)4/h5-10,15H,1-4H3. The third-order valence-corrected chi connectivity index (χ3v) is 3.41. The molecule has 0 heterocycles. The summed E-state index contributed by atoms with van der Waals surface area (Å²) < 4.78 is 1.06. The molecule has 0 aromatic heterocycles. The molecule has 4 heteroatoms. The molecule has 0 aliphatic carbocycles. The monoisotopic (exact) mass is 298 g/mol. The summed E-state index contributed by atoms with van der Waals surface area (Å²) in [5, 5.41) is 3.30. The van der Waals surface area contributed by atoms with Gasteiger partial charge < -0.3 is 4.90 Å². The molecule has 0 radical (unpaired) electrons. The van der Waals surface area contributed by atoms with Crippen molar-refractivity contribution in [3.8, 4) is 0 Å². The van der Waals surface area contributed by atoms with Crippen molar-refractivity contribution in [2.45, 2.75) is 25.9 Å². The number of nitrogens with one attached hydrogen (secondary N) is 1. The zero-order valence-corrected chi connectivity index (χ0v) is 12.3. The highest BCUT2D eigenvalue weighted by molar-refractivity contribution is 9.10. The van der Waals surface area contributed by atoms with Crippen LogP contribution in [0.3, 0.4) is 0 Å². The molecular weight excluding hydrogens is 280 g/mol. The van der Waals surface area contributed by atoms with Gasteiger partial charge >= 0.3 is 0 Å². The van der Waals surface area contributed by atoms with E-state index in [4.69, 9.17) is 0 Å². The SMILES string of the molecule is CC(NC(C)c1ccccc1Br)C(=O)N(C)C. The van der Waals surface area contributed by atoms with Crippen LogP contribution in [0.5, 0.6) is 0 Å². The molecule has 0 saturated heterocycles. The van der Waals surface area contributed by atoms with Gasteiger partial charge in [-0.1, -0.05) is 34.1 Å². The Labute approximate surface area is 111 Å². The van der Waals surface area contributed by atoms with Crippen LogP contribution in [0.4, 0.5) is 0 Å². The van der Waals surface area contributed by atoms with Gasteiger partial charge in [0, 0.05) is 24.6 Å². The molecule has 0 spiro atoms. The number of nitrogens with zero attached hydrogens (tertiary/aromatic N) is 1. The lowest BCUT2D eigenvalue weighted by Gasteiger charge is -2.23. The smallest absolute Gasteiger partial charge is 0.238 e. The van der Waals surface area contributed by atoms with Crippen molar-refractivity contribution < 1.29 is 4.79 Å². The second-order valence-corrected chi connectivity index (χ2v) is 5.22. The Balaban J connectivity index is 2.70. The minimum atomic E-state index is -0.188. The number of carbonyl (C=O) groups excluding carboxylic acids is 1. The fourth-order valence-corrected chi connectivity index (χ4v) is 2.38. The Bertz CT molecular complexity index is 393. The van der Waals surface area contributed by atoms with E-state index in [9.17, 15) is 4.79 Å². The summed E-state index contributed by atoms with van der Waals surface area (Å²) in [5.74, 6) is 0.0869. The number of benzene rings is 1. The van der Waals surface area contributed by atoms with Crippen LogP contribution in [-0.4, -0.2) is 30.9 Å². The van der Waals surface area contributed by atoms with Gasteiger partial charge in [0.25, 0.3) is 0 Å². The van der Waals surface area contributed by atoms with Gasteiger partial charge in [-0.15, -0.1) is 0 Å². The lowest BCUT2D eigenvalue weighted by molar-refractivity contribution is -0.130. The van der Waals surface area contributed by atoms with E-state index in [0.717, 1.165) is 10.0 Å². The lowest BCUT2D eigenvalue weighted by Crippen LogP contribution is -2.42. The average molecular weight is 299 g/mol. The number of rotatable bonds is 4. The van der Waals surface area contributed by atoms with Crippen LogP contribution < -0.4 is 5.32 Å². The average Bonchev–Trinajstić information content (AvgIpc) is 2.28. The van der Waals surface area contributed by atoms with E-state index in [0.29, 0.717) is 0 Å². The second-order valence-electron chi connectivity index (χ2n) is 4.36.